The lowest BCUT2D eigenvalue weighted by Crippen LogP contribution is -2.31. The highest BCUT2D eigenvalue weighted by Crippen LogP contribution is 2.38. The van der Waals surface area contributed by atoms with Gasteiger partial charge in [0.25, 0.3) is 0 Å². The van der Waals surface area contributed by atoms with E-state index in [9.17, 15) is 4.79 Å². The van der Waals surface area contributed by atoms with Crippen LogP contribution >= 0.6 is 15.9 Å². The van der Waals surface area contributed by atoms with E-state index >= 15 is 0 Å². The lowest BCUT2D eigenvalue weighted by Gasteiger charge is -2.21. The topological polar surface area (TPSA) is 68.8 Å². The highest BCUT2D eigenvalue weighted by Gasteiger charge is 2.18. The van der Waals surface area contributed by atoms with E-state index in [1.165, 1.54) is 0 Å². The predicted molar refractivity (Wildman–Crippen MR) is 103 cm³/mol. The van der Waals surface area contributed by atoms with Crippen molar-refractivity contribution in [1.82, 2.24) is 5.32 Å². The van der Waals surface area contributed by atoms with Gasteiger partial charge in [0.15, 0.2) is 11.5 Å². The Bertz CT molecular complexity index is 825. The normalized spacial score (nSPS) is 13.7. The van der Waals surface area contributed by atoms with Crippen LogP contribution in [0.5, 0.6) is 17.2 Å². The number of carbonyl (C=O) groups is 1. The number of aryl methyl sites for hydroxylation is 1. The number of nitrogens with one attached hydrogen (secondary N) is 2. The molecule has 138 valence electrons. The summed E-state index contributed by atoms with van der Waals surface area (Å²) in [6.45, 7) is 4.92. The first kappa shape index (κ1) is 18.4. The van der Waals surface area contributed by atoms with E-state index in [2.05, 4.69) is 26.6 Å². The molecule has 26 heavy (non-hydrogen) atoms. The lowest BCUT2D eigenvalue weighted by atomic mass is 10.0. The zero-order chi connectivity index (χ0) is 18.7. The first-order valence-corrected chi connectivity index (χ1v) is 9.08. The molecule has 1 aliphatic rings. The fourth-order valence-corrected chi connectivity index (χ4v) is 3.21. The van der Waals surface area contributed by atoms with Crippen LogP contribution in [-0.2, 0) is 0 Å². The molecule has 0 saturated carbocycles. The van der Waals surface area contributed by atoms with E-state index in [-0.39, 0.29) is 12.1 Å². The van der Waals surface area contributed by atoms with Gasteiger partial charge in [-0.2, -0.15) is 0 Å². The number of benzene rings is 2. The Morgan fingerprint density at radius 2 is 1.88 bits per heavy atom. The molecule has 0 aliphatic carbocycles. The van der Waals surface area contributed by atoms with E-state index in [0.29, 0.717) is 30.4 Å². The number of rotatable bonds is 4. The maximum Gasteiger partial charge on any atom is 0.319 e. The molecule has 0 unspecified atom stereocenters. The number of anilines is 1. The van der Waals surface area contributed by atoms with Crippen LogP contribution in [0.25, 0.3) is 0 Å². The third kappa shape index (κ3) is 4.04. The molecule has 2 aromatic rings. The first-order valence-electron chi connectivity index (χ1n) is 8.29. The fourth-order valence-electron chi connectivity index (χ4n) is 2.78. The van der Waals surface area contributed by atoms with Crippen molar-refractivity contribution in [3.05, 3.63) is 45.9 Å². The summed E-state index contributed by atoms with van der Waals surface area (Å²) < 4.78 is 17.2. The number of amides is 2. The number of hydrogen-bond acceptors (Lipinski definition) is 4. The summed E-state index contributed by atoms with van der Waals surface area (Å²) in [5.41, 5.74) is 2.63. The van der Waals surface area contributed by atoms with Gasteiger partial charge in [-0.15, -0.1) is 0 Å². The van der Waals surface area contributed by atoms with Crippen LogP contribution < -0.4 is 24.8 Å². The molecule has 0 fully saturated rings. The van der Waals surface area contributed by atoms with Gasteiger partial charge in [-0.1, -0.05) is 17.7 Å². The number of fused-ring (bicyclic) bond motifs is 1. The molecule has 3 rings (SSSR count). The van der Waals surface area contributed by atoms with E-state index in [1.807, 2.05) is 32.0 Å². The highest BCUT2D eigenvalue weighted by atomic mass is 79.9. The van der Waals surface area contributed by atoms with Gasteiger partial charge < -0.3 is 24.8 Å². The smallest absolute Gasteiger partial charge is 0.319 e. The summed E-state index contributed by atoms with van der Waals surface area (Å²) >= 11 is 3.45. The molecule has 7 heteroatoms. The van der Waals surface area contributed by atoms with Gasteiger partial charge in [-0.3, -0.25) is 0 Å². The van der Waals surface area contributed by atoms with Crippen molar-refractivity contribution in [2.75, 3.05) is 25.6 Å². The molecule has 6 nitrogen and oxygen atoms in total. The van der Waals surface area contributed by atoms with Crippen LogP contribution in [0.2, 0.25) is 0 Å². The minimum absolute atomic E-state index is 0.221. The van der Waals surface area contributed by atoms with E-state index < -0.39 is 0 Å². The van der Waals surface area contributed by atoms with Crippen LogP contribution in [0.15, 0.2) is 34.8 Å². The minimum Gasteiger partial charge on any atom is -0.496 e. The van der Waals surface area contributed by atoms with Crippen molar-refractivity contribution in [2.45, 2.75) is 19.9 Å². The third-order valence-corrected chi connectivity index (χ3v) is 4.74. The SMILES string of the molecule is COc1ccc(C)cc1[C@H](C)NC(=O)Nc1cc2c(cc1Br)OCCO2. The maximum absolute atomic E-state index is 12.4. The Morgan fingerprint density at radius 3 is 2.58 bits per heavy atom. The molecule has 2 N–H and O–H groups in total. The molecule has 0 aromatic heterocycles. The second kappa shape index (κ2) is 7.86. The maximum atomic E-state index is 12.4. The summed E-state index contributed by atoms with van der Waals surface area (Å²) in [7, 11) is 1.62. The predicted octanol–water partition coefficient (Wildman–Crippen LogP) is 4.42. The van der Waals surface area contributed by atoms with Gasteiger partial charge in [0.1, 0.15) is 19.0 Å². The van der Waals surface area contributed by atoms with Crippen molar-refractivity contribution in [3.8, 4) is 17.2 Å². The summed E-state index contributed by atoms with van der Waals surface area (Å²) in [6, 6.07) is 8.87. The number of methoxy groups -OCH3 is 1. The molecule has 1 heterocycles. The van der Waals surface area contributed by atoms with Crippen LogP contribution in [0.4, 0.5) is 10.5 Å². The van der Waals surface area contributed by atoms with E-state index in [4.69, 9.17) is 14.2 Å². The highest BCUT2D eigenvalue weighted by molar-refractivity contribution is 9.10. The van der Waals surface area contributed by atoms with Crippen LogP contribution in [-0.4, -0.2) is 26.4 Å². The standard InChI is InChI=1S/C19H21BrN2O4/c1-11-4-5-16(24-3)13(8-11)12(2)21-19(23)22-15-10-18-17(9-14(15)20)25-6-7-26-18/h4-5,8-10,12H,6-7H2,1-3H3,(H2,21,22,23)/t12-/m0/s1. The second-order valence-corrected chi connectivity index (χ2v) is 6.90. The largest absolute Gasteiger partial charge is 0.496 e. The Balaban J connectivity index is 1.72. The van der Waals surface area contributed by atoms with Crippen LogP contribution in [0, 0.1) is 6.92 Å². The van der Waals surface area contributed by atoms with Gasteiger partial charge in [-0.25, -0.2) is 4.79 Å². The minimum atomic E-state index is -0.321. The van der Waals surface area contributed by atoms with Crippen molar-refractivity contribution in [2.24, 2.45) is 0 Å². The van der Waals surface area contributed by atoms with Gasteiger partial charge in [0.2, 0.25) is 0 Å². The molecule has 0 radical (unpaired) electrons. The summed E-state index contributed by atoms with van der Waals surface area (Å²) in [5, 5.41) is 5.77. The van der Waals surface area contributed by atoms with Crippen molar-refractivity contribution < 1.29 is 19.0 Å². The Labute approximate surface area is 161 Å². The van der Waals surface area contributed by atoms with Crippen molar-refractivity contribution in [1.29, 1.82) is 0 Å². The van der Waals surface area contributed by atoms with Gasteiger partial charge in [0.05, 0.1) is 18.8 Å². The van der Waals surface area contributed by atoms with Crippen molar-refractivity contribution >= 4 is 27.6 Å². The summed E-state index contributed by atoms with van der Waals surface area (Å²) in [5.74, 6) is 2.01. The monoisotopic (exact) mass is 420 g/mol. The molecule has 2 aromatic carbocycles. The molecule has 0 saturated heterocycles. The Morgan fingerprint density at radius 1 is 1.19 bits per heavy atom. The van der Waals surface area contributed by atoms with Crippen molar-refractivity contribution in [3.63, 3.8) is 0 Å². The Kier molecular flexibility index (Phi) is 5.56. The average molecular weight is 421 g/mol. The molecule has 2 amide bonds. The average Bonchev–Trinajstić information content (AvgIpc) is 2.62. The van der Waals surface area contributed by atoms with Gasteiger partial charge in [-0.05, 0) is 35.8 Å². The first-order chi connectivity index (χ1) is 12.5. The summed E-state index contributed by atoms with van der Waals surface area (Å²) in [4.78, 5) is 12.4. The number of hydrogen-bond donors (Lipinski definition) is 2. The number of urea groups is 1. The molecule has 1 atom stereocenters. The fraction of sp³-hybridized carbons (Fsp3) is 0.316. The summed E-state index contributed by atoms with van der Waals surface area (Å²) in [6.07, 6.45) is 0. The third-order valence-electron chi connectivity index (χ3n) is 4.08. The second-order valence-electron chi connectivity index (χ2n) is 6.04. The molecule has 1 aliphatic heterocycles. The van der Waals surface area contributed by atoms with Crippen LogP contribution in [0.3, 0.4) is 0 Å². The van der Waals surface area contributed by atoms with E-state index in [1.54, 1.807) is 19.2 Å². The molecule has 0 spiro atoms. The lowest BCUT2D eigenvalue weighted by molar-refractivity contribution is 0.171. The zero-order valence-corrected chi connectivity index (χ0v) is 16.5. The molecular weight excluding hydrogens is 400 g/mol. The Hall–Kier alpha value is -2.41. The molecule has 0 bridgehead atoms. The quantitative estimate of drug-likeness (QED) is 0.767. The van der Waals surface area contributed by atoms with Crippen LogP contribution in [0.1, 0.15) is 24.1 Å². The van der Waals surface area contributed by atoms with Gasteiger partial charge in [0, 0.05) is 22.2 Å². The number of carbonyl (C=O) groups excluding carboxylic acids is 1. The zero-order valence-electron chi connectivity index (χ0n) is 14.9. The number of halogens is 1. The van der Waals surface area contributed by atoms with E-state index in [0.717, 1.165) is 21.3 Å². The number of ether oxygens (including phenoxy) is 3. The van der Waals surface area contributed by atoms with Gasteiger partial charge >= 0.3 is 6.03 Å². The molecular formula is C19H21BrN2O4.